The number of carbonyl (C=O) groups excluding carboxylic acids is 2. The van der Waals surface area contributed by atoms with E-state index in [-0.39, 0.29) is 35.6 Å². The predicted molar refractivity (Wildman–Crippen MR) is 111 cm³/mol. The van der Waals surface area contributed by atoms with Gasteiger partial charge >= 0.3 is 6.09 Å². The number of aromatic nitrogens is 2. The molecule has 2 amide bonds. The van der Waals surface area contributed by atoms with Gasteiger partial charge in [-0.3, -0.25) is 4.79 Å². The summed E-state index contributed by atoms with van der Waals surface area (Å²) in [7, 11) is 0. The molecule has 2 aliphatic rings. The highest BCUT2D eigenvalue weighted by Gasteiger charge is 2.55. The average molecular weight is 449 g/mol. The Morgan fingerprint density at radius 1 is 1.32 bits per heavy atom. The minimum atomic E-state index is -0.693. The Balaban J connectivity index is 1.43. The largest absolute Gasteiger partial charge is 0.445 e. The zero-order chi connectivity index (χ0) is 22.1. The first kappa shape index (κ1) is 21.1. The first-order valence-electron chi connectivity index (χ1n) is 9.83. The van der Waals surface area contributed by atoms with Crippen molar-refractivity contribution in [2.75, 3.05) is 11.1 Å². The summed E-state index contributed by atoms with van der Waals surface area (Å²) in [6, 6.07) is 6.29. The molecule has 2 aliphatic carbocycles. The summed E-state index contributed by atoms with van der Waals surface area (Å²) in [5, 5.41) is 5.70. The number of nitrogens with one attached hydrogen (secondary N) is 2. The Morgan fingerprint density at radius 3 is 2.87 bits per heavy atom. The molecule has 1 aromatic heterocycles. The first-order chi connectivity index (χ1) is 14.8. The number of carbonyl (C=O) groups is 2. The summed E-state index contributed by atoms with van der Waals surface area (Å²) >= 11 is 5.77. The van der Waals surface area contributed by atoms with E-state index in [2.05, 4.69) is 20.6 Å². The highest BCUT2D eigenvalue weighted by molar-refractivity contribution is 6.28. The fourth-order valence-corrected chi connectivity index (χ4v) is 4.90. The van der Waals surface area contributed by atoms with Gasteiger partial charge in [0.2, 0.25) is 11.2 Å². The van der Waals surface area contributed by atoms with Crippen LogP contribution in [-0.4, -0.2) is 34.1 Å². The molecule has 0 spiro atoms. The first-order valence-corrected chi connectivity index (χ1v) is 10.2. The SMILES string of the molecule is NC(=O)[C@H]1[C@@H]2C[C@@H]([C@H]1Nc1nc(Cl)ncc1F)[C@H](NC(=O)OCc1cccc(N)c1)C2. The fraction of sp³-hybridized carbons (Fsp3) is 0.400. The zero-order valence-corrected chi connectivity index (χ0v) is 17.2. The van der Waals surface area contributed by atoms with Crippen LogP contribution in [0.4, 0.5) is 20.7 Å². The van der Waals surface area contributed by atoms with Gasteiger partial charge in [0, 0.05) is 23.7 Å². The summed E-state index contributed by atoms with van der Waals surface area (Å²) in [6.07, 6.45) is 1.61. The zero-order valence-electron chi connectivity index (χ0n) is 16.4. The Morgan fingerprint density at radius 2 is 2.13 bits per heavy atom. The third-order valence-corrected chi connectivity index (χ3v) is 6.16. The summed E-state index contributed by atoms with van der Waals surface area (Å²) in [4.78, 5) is 31.9. The quantitative estimate of drug-likeness (QED) is 0.391. The van der Waals surface area contributed by atoms with E-state index in [0.717, 1.165) is 11.8 Å². The van der Waals surface area contributed by atoms with E-state index >= 15 is 0 Å². The third kappa shape index (κ3) is 4.48. The molecule has 1 heterocycles. The highest BCUT2D eigenvalue weighted by atomic mass is 35.5. The number of nitrogens with two attached hydrogens (primary N) is 2. The van der Waals surface area contributed by atoms with Crippen LogP contribution in [0.2, 0.25) is 5.28 Å². The van der Waals surface area contributed by atoms with Gasteiger partial charge in [0.25, 0.3) is 0 Å². The molecule has 2 aromatic rings. The van der Waals surface area contributed by atoms with Gasteiger partial charge in [-0.15, -0.1) is 0 Å². The molecule has 0 radical (unpaired) electrons. The van der Waals surface area contributed by atoms with Gasteiger partial charge in [-0.1, -0.05) is 12.1 Å². The topological polar surface area (TPSA) is 145 Å². The lowest BCUT2D eigenvalue weighted by Crippen LogP contribution is -2.51. The maximum atomic E-state index is 14.1. The molecule has 1 aromatic carbocycles. The normalized spacial score (nSPS) is 26.5. The van der Waals surface area contributed by atoms with Gasteiger partial charge in [0.15, 0.2) is 11.6 Å². The van der Waals surface area contributed by atoms with Gasteiger partial charge in [-0.25, -0.2) is 14.2 Å². The molecular formula is C20H22ClFN6O3. The summed E-state index contributed by atoms with van der Waals surface area (Å²) < 4.78 is 19.4. The molecule has 2 bridgehead atoms. The van der Waals surface area contributed by atoms with Crippen LogP contribution in [-0.2, 0) is 16.1 Å². The minimum Gasteiger partial charge on any atom is -0.445 e. The van der Waals surface area contributed by atoms with Crippen molar-refractivity contribution in [2.24, 2.45) is 23.5 Å². The molecule has 5 atom stereocenters. The number of alkyl carbamates (subject to hydrolysis) is 1. The molecule has 4 rings (SSSR count). The average Bonchev–Trinajstić information content (AvgIpc) is 3.27. The molecule has 164 valence electrons. The molecule has 31 heavy (non-hydrogen) atoms. The molecule has 0 unspecified atom stereocenters. The van der Waals surface area contributed by atoms with E-state index in [0.29, 0.717) is 18.5 Å². The number of ether oxygens (including phenoxy) is 1. The van der Waals surface area contributed by atoms with Gasteiger partial charge in [0.05, 0.1) is 12.1 Å². The van der Waals surface area contributed by atoms with Crippen LogP contribution >= 0.6 is 11.6 Å². The van der Waals surface area contributed by atoms with Crippen LogP contribution in [0.3, 0.4) is 0 Å². The highest BCUT2D eigenvalue weighted by Crippen LogP contribution is 2.49. The van der Waals surface area contributed by atoms with Crippen LogP contribution in [0, 0.1) is 23.6 Å². The molecule has 2 fully saturated rings. The van der Waals surface area contributed by atoms with Crippen molar-refractivity contribution in [3.05, 3.63) is 47.1 Å². The smallest absolute Gasteiger partial charge is 0.407 e. The second-order valence-corrected chi connectivity index (χ2v) is 8.24. The summed E-state index contributed by atoms with van der Waals surface area (Å²) in [5.41, 5.74) is 12.7. The maximum absolute atomic E-state index is 14.1. The lowest BCUT2D eigenvalue weighted by molar-refractivity contribution is -0.123. The van der Waals surface area contributed by atoms with E-state index in [1.165, 1.54) is 0 Å². The second kappa shape index (κ2) is 8.54. The maximum Gasteiger partial charge on any atom is 0.407 e. The Labute approximate surface area is 182 Å². The van der Waals surface area contributed by atoms with Crippen molar-refractivity contribution in [3.8, 4) is 0 Å². The van der Waals surface area contributed by atoms with Gasteiger partial charge in [0.1, 0.15) is 6.61 Å². The van der Waals surface area contributed by atoms with Crippen LogP contribution in [0.25, 0.3) is 0 Å². The lowest BCUT2D eigenvalue weighted by atomic mass is 9.81. The monoisotopic (exact) mass is 448 g/mol. The third-order valence-electron chi connectivity index (χ3n) is 5.98. The molecule has 0 saturated heterocycles. The second-order valence-electron chi connectivity index (χ2n) is 7.90. The Bertz CT molecular complexity index is 1010. The van der Waals surface area contributed by atoms with E-state index in [9.17, 15) is 14.0 Å². The summed E-state index contributed by atoms with van der Waals surface area (Å²) in [5.74, 6) is -1.99. The minimum absolute atomic E-state index is 0.0420. The van der Waals surface area contributed by atoms with Crippen molar-refractivity contribution >= 4 is 35.1 Å². The van der Waals surface area contributed by atoms with E-state index < -0.39 is 29.8 Å². The molecular weight excluding hydrogens is 427 g/mol. The molecule has 11 heteroatoms. The van der Waals surface area contributed by atoms with Gasteiger partial charge < -0.3 is 26.8 Å². The van der Waals surface area contributed by atoms with Crippen molar-refractivity contribution in [3.63, 3.8) is 0 Å². The Hall–Kier alpha value is -3.14. The van der Waals surface area contributed by atoms with Crippen molar-refractivity contribution < 1.29 is 18.7 Å². The number of amides is 2. The Kier molecular flexibility index (Phi) is 5.81. The number of hydrogen-bond acceptors (Lipinski definition) is 7. The number of benzene rings is 1. The van der Waals surface area contributed by atoms with Crippen molar-refractivity contribution in [2.45, 2.75) is 31.5 Å². The van der Waals surface area contributed by atoms with Crippen LogP contribution in [0.15, 0.2) is 30.5 Å². The number of halogens is 2. The van der Waals surface area contributed by atoms with Gasteiger partial charge in [-0.05, 0) is 48.1 Å². The lowest BCUT2D eigenvalue weighted by Gasteiger charge is -2.35. The van der Waals surface area contributed by atoms with Crippen LogP contribution in [0.5, 0.6) is 0 Å². The van der Waals surface area contributed by atoms with E-state index in [4.69, 9.17) is 27.8 Å². The number of fused-ring (bicyclic) bond motifs is 2. The van der Waals surface area contributed by atoms with Crippen molar-refractivity contribution in [1.29, 1.82) is 0 Å². The summed E-state index contributed by atoms with van der Waals surface area (Å²) in [6.45, 7) is 0.0773. The number of rotatable bonds is 6. The number of anilines is 2. The van der Waals surface area contributed by atoms with Crippen LogP contribution in [0.1, 0.15) is 18.4 Å². The molecule has 9 nitrogen and oxygen atoms in total. The molecule has 6 N–H and O–H groups in total. The predicted octanol–water partition coefficient (Wildman–Crippen LogP) is 2.07. The van der Waals surface area contributed by atoms with Crippen LogP contribution < -0.4 is 22.1 Å². The number of hydrogen-bond donors (Lipinski definition) is 4. The number of nitrogens with zero attached hydrogens (tertiary/aromatic N) is 2. The number of primary amides is 1. The van der Waals surface area contributed by atoms with E-state index in [1.54, 1.807) is 24.3 Å². The van der Waals surface area contributed by atoms with Crippen molar-refractivity contribution in [1.82, 2.24) is 15.3 Å². The van der Waals surface area contributed by atoms with Gasteiger partial charge in [-0.2, -0.15) is 4.98 Å². The fourth-order valence-electron chi connectivity index (χ4n) is 4.76. The standard InChI is InChI=1S/C20H22ClFN6O3/c21-19-25-7-13(22)18(28-19)27-16-12-5-10(15(16)17(24)29)6-14(12)26-20(30)31-8-9-2-1-3-11(23)4-9/h1-4,7,10,12,14-16H,5-6,8,23H2,(H2,24,29)(H,26,30)(H,25,27,28)/t10-,12-,14-,15+,16-/m1/s1. The van der Waals surface area contributed by atoms with E-state index in [1.807, 2.05) is 0 Å². The molecule has 0 aliphatic heterocycles. The number of nitrogen functional groups attached to an aromatic ring is 1. The molecule has 2 saturated carbocycles.